The minimum atomic E-state index is -0.478. The summed E-state index contributed by atoms with van der Waals surface area (Å²) in [5, 5.41) is 3.32. The number of aromatic nitrogens is 1. The van der Waals surface area contributed by atoms with Crippen molar-refractivity contribution in [3.8, 4) is 5.75 Å². The summed E-state index contributed by atoms with van der Waals surface area (Å²) in [4.78, 5) is 17.6. The Morgan fingerprint density at radius 3 is 3.14 bits per heavy atom. The number of hydrogen-bond donors (Lipinski definition) is 1. The Morgan fingerprint density at radius 1 is 1.50 bits per heavy atom. The molecule has 0 radical (unpaired) electrons. The van der Waals surface area contributed by atoms with Crippen molar-refractivity contribution in [3.63, 3.8) is 0 Å². The van der Waals surface area contributed by atoms with Crippen LogP contribution in [0.3, 0.4) is 0 Å². The van der Waals surface area contributed by atoms with E-state index < -0.39 is 5.82 Å². The second-order valence-corrected chi connectivity index (χ2v) is 6.59. The molecule has 0 unspecified atom stereocenters. The Morgan fingerprint density at radius 2 is 2.32 bits per heavy atom. The van der Waals surface area contributed by atoms with Gasteiger partial charge in [0.25, 0.3) is 5.91 Å². The summed E-state index contributed by atoms with van der Waals surface area (Å²) in [6.45, 7) is 1.99. The first-order chi connectivity index (χ1) is 10.6. The molecule has 1 aromatic heterocycles. The molecule has 116 valence electrons. The number of thiazole rings is 1. The Labute approximate surface area is 132 Å². The fraction of sp³-hybridized carbons (Fsp3) is 0.375. The fourth-order valence-electron chi connectivity index (χ4n) is 2.45. The molecule has 0 bridgehead atoms. The average Bonchev–Trinajstić information content (AvgIpc) is 2.87. The van der Waals surface area contributed by atoms with Gasteiger partial charge in [0.05, 0.1) is 5.69 Å². The van der Waals surface area contributed by atoms with Crippen LogP contribution in [0.2, 0.25) is 0 Å². The number of fused-ring (bicyclic) bond motifs is 1. The molecule has 0 fully saturated rings. The largest absolute Gasteiger partial charge is 0.481 e. The van der Waals surface area contributed by atoms with Crippen LogP contribution in [0, 0.1) is 11.7 Å². The van der Waals surface area contributed by atoms with Gasteiger partial charge in [0, 0.05) is 4.88 Å². The number of carbonyl (C=O) groups excluding carboxylic acids is 1. The van der Waals surface area contributed by atoms with E-state index in [0.29, 0.717) is 11.0 Å². The van der Waals surface area contributed by atoms with Gasteiger partial charge >= 0.3 is 0 Å². The second-order valence-electron chi connectivity index (χ2n) is 5.50. The smallest absolute Gasteiger partial charge is 0.264 e. The monoisotopic (exact) mass is 320 g/mol. The van der Waals surface area contributed by atoms with Crippen molar-refractivity contribution in [3.05, 3.63) is 40.7 Å². The third-order valence-corrected chi connectivity index (χ3v) is 4.66. The fourth-order valence-corrected chi connectivity index (χ4v) is 3.64. The Bertz CT molecular complexity index is 687. The highest BCUT2D eigenvalue weighted by Crippen LogP contribution is 2.32. The highest BCUT2D eigenvalue weighted by Gasteiger charge is 2.20. The standard InChI is InChI=1S/C16H17FN2O2S/c1-10-6-7-12-14(8-10)22-16(18-12)19-15(20)9-21-13-5-3-2-4-11(13)17/h2-5,10H,6-9H2,1H3,(H,18,19,20)/t10-/m0/s1. The number of nitrogens with one attached hydrogen (secondary N) is 1. The molecule has 22 heavy (non-hydrogen) atoms. The van der Waals surface area contributed by atoms with E-state index in [-0.39, 0.29) is 18.3 Å². The predicted octanol–water partition coefficient (Wildman–Crippen LogP) is 3.42. The highest BCUT2D eigenvalue weighted by atomic mass is 32.1. The number of hydrogen-bond acceptors (Lipinski definition) is 4. The number of amides is 1. The summed E-state index contributed by atoms with van der Waals surface area (Å²) < 4.78 is 18.6. The topological polar surface area (TPSA) is 51.2 Å². The number of anilines is 1. The molecule has 0 aliphatic heterocycles. The van der Waals surface area contributed by atoms with Crippen molar-refractivity contribution in [1.29, 1.82) is 0 Å². The highest BCUT2D eigenvalue weighted by molar-refractivity contribution is 7.15. The summed E-state index contributed by atoms with van der Waals surface area (Å²) in [7, 11) is 0. The molecule has 6 heteroatoms. The van der Waals surface area contributed by atoms with E-state index >= 15 is 0 Å². The van der Waals surface area contributed by atoms with E-state index in [4.69, 9.17) is 4.74 Å². The number of nitrogens with zero attached hydrogens (tertiary/aromatic N) is 1. The molecule has 0 saturated heterocycles. The van der Waals surface area contributed by atoms with Crippen LogP contribution in [0.1, 0.15) is 23.9 Å². The van der Waals surface area contributed by atoms with Gasteiger partial charge in [0.15, 0.2) is 23.3 Å². The molecule has 1 heterocycles. The van der Waals surface area contributed by atoms with Gasteiger partial charge < -0.3 is 4.74 Å². The number of aryl methyl sites for hydroxylation is 1. The quantitative estimate of drug-likeness (QED) is 0.939. The molecule has 4 nitrogen and oxygen atoms in total. The zero-order chi connectivity index (χ0) is 15.5. The molecule has 1 atom stereocenters. The van der Waals surface area contributed by atoms with Gasteiger partial charge in [0.2, 0.25) is 0 Å². The first-order valence-corrected chi connectivity index (χ1v) is 8.09. The molecule has 0 spiro atoms. The number of ether oxygens (including phenoxy) is 1. The lowest BCUT2D eigenvalue weighted by Crippen LogP contribution is -2.20. The third-order valence-electron chi connectivity index (χ3n) is 3.63. The summed E-state index contributed by atoms with van der Waals surface area (Å²) in [5.41, 5.74) is 1.09. The van der Waals surface area contributed by atoms with Crippen molar-refractivity contribution in [2.75, 3.05) is 11.9 Å². The minimum absolute atomic E-state index is 0.0740. The van der Waals surface area contributed by atoms with E-state index in [1.807, 2.05) is 0 Å². The predicted molar refractivity (Wildman–Crippen MR) is 83.8 cm³/mol. The van der Waals surface area contributed by atoms with Gasteiger partial charge in [-0.3, -0.25) is 10.1 Å². The maximum Gasteiger partial charge on any atom is 0.264 e. The van der Waals surface area contributed by atoms with E-state index in [0.717, 1.165) is 25.0 Å². The maximum absolute atomic E-state index is 13.4. The lowest BCUT2D eigenvalue weighted by atomic mass is 9.93. The van der Waals surface area contributed by atoms with Crippen LogP contribution in [0.5, 0.6) is 5.75 Å². The van der Waals surface area contributed by atoms with Crippen LogP contribution >= 0.6 is 11.3 Å². The molecule has 1 aromatic carbocycles. The summed E-state index contributed by atoms with van der Waals surface area (Å²) >= 11 is 1.52. The van der Waals surface area contributed by atoms with Crippen molar-refractivity contribution in [2.45, 2.75) is 26.2 Å². The molecule has 1 N–H and O–H groups in total. The van der Waals surface area contributed by atoms with E-state index in [9.17, 15) is 9.18 Å². The van der Waals surface area contributed by atoms with Gasteiger partial charge in [-0.15, -0.1) is 11.3 Å². The Hall–Kier alpha value is -1.95. The normalized spacial score (nSPS) is 16.9. The van der Waals surface area contributed by atoms with Crippen LogP contribution in [-0.4, -0.2) is 17.5 Å². The zero-order valence-corrected chi connectivity index (χ0v) is 13.1. The van der Waals surface area contributed by atoms with Gasteiger partial charge in [-0.1, -0.05) is 19.1 Å². The minimum Gasteiger partial charge on any atom is -0.481 e. The zero-order valence-electron chi connectivity index (χ0n) is 12.3. The summed E-state index contributed by atoms with van der Waals surface area (Å²) in [5.74, 6) is -0.0674. The molecule has 1 amide bonds. The average molecular weight is 320 g/mol. The molecular weight excluding hydrogens is 303 g/mol. The van der Waals surface area contributed by atoms with Crippen molar-refractivity contribution < 1.29 is 13.9 Å². The molecule has 1 aliphatic rings. The van der Waals surface area contributed by atoms with Gasteiger partial charge in [-0.25, -0.2) is 9.37 Å². The number of para-hydroxylation sites is 1. The van der Waals surface area contributed by atoms with E-state index in [1.54, 1.807) is 12.1 Å². The van der Waals surface area contributed by atoms with Gasteiger partial charge in [0.1, 0.15) is 0 Å². The van der Waals surface area contributed by atoms with Crippen LogP contribution in [0.15, 0.2) is 24.3 Å². The van der Waals surface area contributed by atoms with Crippen molar-refractivity contribution in [2.24, 2.45) is 5.92 Å². The second kappa shape index (κ2) is 6.44. The van der Waals surface area contributed by atoms with Crippen LogP contribution in [0.25, 0.3) is 0 Å². The number of benzene rings is 1. The number of halogens is 1. The van der Waals surface area contributed by atoms with E-state index in [1.165, 1.54) is 28.3 Å². The molecular formula is C16H17FN2O2S. The molecule has 2 aromatic rings. The Kier molecular flexibility index (Phi) is 4.38. The van der Waals surface area contributed by atoms with Crippen LogP contribution < -0.4 is 10.1 Å². The molecule has 3 rings (SSSR count). The summed E-state index contributed by atoms with van der Waals surface area (Å²) in [6, 6.07) is 6.02. The maximum atomic E-state index is 13.4. The van der Waals surface area contributed by atoms with E-state index in [2.05, 4.69) is 17.2 Å². The lowest BCUT2D eigenvalue weighted by Gasteiger charge is -2.15. The van der Waals surface area contributed by atoms with Gasteiger partial charge in [-0.2, -0.15) is 0 Å². The molecule has 1 aliphatic carbocycles. The summed E-state index contributed by atoms with van der Waals surface area (Å²) in [6.07, 6.45) is 3.13. The SMILES string of the molecule is C[C@H]1CCc2nc(NC(=O)COc3ccccc3F)sc2C1. The van der Waals surface area contributed by atoms with Gasteiger partial charge in [-0.05, 0) is 37.3 Å². The van der Waals surface area contributed by atoms with Crippen molar-refractivity contribution >= 4 is 22.4 Å². The number of rotatable bonds is 4. The van der Waals surface area contributed by atoms with Crippen LogP contribution in [0.4, 0.5) is 9.52 Å². The first-order valence-electron chi connectivity index (χ1n) is 7.27. The van der Waals surface area contributed by atoms with Crippen molar-refractivity contribution in [1.82, 2.24) is 4.98 Å². The lowest BCUT2D eigenvalue weighted by molar-refractivity contribution is -0.118. The molecule has 0 saturated carbocycles. The first kappa shape index (κ1) is 15.0. The Balaban J connectivity index is 1.57. The third kappa shape index (κ3) is 3.44. The number of carbonyl (C=O) groups is 1. The van der Waals surface area contributed by atoms with Crippen LogP contribution in [-0.2, 0) is 17.6 Å².